The molecule has 0 unspecified atom stereocenters. The zero-order chi connectivity index (χ0) is 12.9. The molecule has 2 aromatic rings. The Morgan fingerprint density at radius 3 is 2.89 bits per heavy atom. The Morgan fingerprint density at radius 2 is 2.05 bits per heavy atom. The Morgan fingerprint density at radius 1 is 1.21 bits per heavy atom. The summed E-state index contributed by atoms with van der Waals surface area (Å²) >= 11 is 6.09. The quantitative estimate of drug-likeness (QED) is 0.740. The number of rotatable bonds is 0. The largest absolute Gasteiger partial charge is 0.456 e. The summed E-state index contributed by atoms with van der Waals surface area (Å²) in [5.41, 5.74) is 2.06. The summed E-state index contributed by atoms with van der Waals surface area (Å²) < 4.78 is 13.3. The van der Waals surface area contributed by atoms with Crippen molar-refractivity contribution in [1.82, 2.24) is 14.8 Å². The van der Waals surface area contributed by atoms with Crippen molar-refractivity contribution in [2.75, 3.05) is 0 Å². The van der Waals surface area contributed by atoms with Crippen molar-refractivity contribution in [3.8, 4) is 5.69 Å². The summed E-state index contributed by atoms with van der Waals surface area (Å²) in [6, 6.07) is 5.75. The lowest BCUT2D eigenvalue weighted by atomic mass is 10.0. The predicted molar refractivity (Wildman–Crippen MR) is 67.8 cm³/mol. The van der Waals surface area contributed by atoms with Gasteiger partial charge in [-0.25, -0.2) is 0 Å². The summed E-state index contributed by atoms with van der Waals surface area (Å²) in [6.07, 6.45) is 5.97. The van der Waals surface area contributed by atoms with E-state index in [4.69, 9.17) is 21.1 Å². The van der Waals surface area contributed by atoms with Crippen LogP contribution in [-0.4, -0.2) is 20.6 Å². The zero-order valence-corrected chi connectivity index (χ0v) is 10.7. The lowest BCUT2D eigenvalue weighted by Crippen LogP contribution is -2.35. The highest BCUT2D eigenvalue weighted by atomic mass is 35.5. The smallest absolute Gasteiger partial charge is 0.260 e. The molecule has 6 heteroatoms. The third-order valence-corrected chi connectivity index (χ3v) is 3.66. The lowest BCUT2D eigenvalue weighted by Gasteiger charge is -2.25. The third kappa shape index (κ3) is 1.62. The van der Waals surface area contributed by atoms with Crippen LogP contribution in [-0.2, 0) is 22.3 Å². The molecule has 0 amide bonds. The lowest BCUT2D eigenvalue weighted by molar-refractivity contribution is -0.139. The van der Waals surface area contributed by atoms with Gasteiger partial charge in [0.15, 0.2) is 0 Å². The fourth-order valence-electron chi connectivity index (χ4n) is 2.60. The van der Waals surface area contributed by atoms with Crippen molar-refractivity contribution >= 4 is 11.6 Å². The highest BCUT2D eigenvalue weighted by Gasteiger charge is 2.41. The molecule has 1 aromatic carbocycles. The molecule has 3 heterocycles. The molecule has 0 bridgehead atoms. The summed E-state index contributed by atoms with van der Waals surface area (Å²) in [5.74, 6) is 0.0746. The highest BCUT2D eigenvalue weighted by Crippen LogP contribution is 2.35. The minimum absolute atomic E-state index is 0.534. The van der Waals surface area contributed by atoms with Crippen LogP contribution in [0, 0.1) is 0 Å². The van der Waals surface area contributed by atoms with Crippen LogP contribution in [0.15, 0.2) is 37.1 Å². The van der Waals surface area contributed by atoms with Gasteiger partial charge >= 0.3 is 0 Å². The SMILES string of the molecule is Clc1ccc2c(c1)CC1(Cc3nncn3-2)OC=CO1. The average molecular weight is 276 g/mol. The fraction of sp³-hybridized carbons (Fsp3) is 0.231. The van der Waals surface area contributed by atoms with E-state index in [0.717, 1.165) is 17.1 Å². The van der Waals surface area contributed by atoms with Crippen LogP contribution >= 0.6 is 11.6 Å². The summed E-state index contributed by atoms with van der Waals surface area (Å²) in [4.78, 5) is 0. The molecular formula is C13H10ClN3O2. The molecule has 4 rings (SSSR count). The number of hydrogen-bond donors (Lipinski definition) is 0. The maximum atomic E-state index is 6.09. The van der Waals surface area contributed by atoms with E-state index in [1.807, 2.05) is 22.8 Å². The number of hydrogen-bond acceptors (Lipinski definition) is 4. The second-order valence-corrected chi connectivity index (χ2v) is 5.10. The molecule has 0 saturated heterocycles. The Balaban J connectivity index is 1.93. The second-order valence-electron chi connectivity index (χ2n) is 4.66. The van der Waals surface area contributed by atoms with E-state index in [-0.39, 0.29) is 0 Å². The monoisotopic (exact) mass is 275 g/mol. The molecule has 5 nitrogen and oxygen atoms in total. The van der Waals surface area contributed by atoms with Crippen molar-refractivity contribution in [2.45, 2.75) is 18.6 Å². The number of fused-ring (bicyclic) bond motifs is 3. The Labute approximate surface area is 114 Å². The second kappa shape index (κ2) is 3.74. The molecule has 0 aliphatic carbocycles. The van der Waals surface area contributed by atoms with Gasteiger partial charge in [-0.2, -0.15) is 0 Å². The maximum absolute atomic E-state index is 6.09. The van der Waals surface area contributed by atoms with E-state index in [9.17, 15) is 0 Å². The van der Waals surface area contributed by atoms with Crippen LogP contribution in [0.1, 0.15) is 11.4 Å². The molecular weight excluding hydrogens is 266 g/mol. The van der Waals surface area contributed by atoms with E-state index in [0.29, 0.717) is 17.9 Å². The van der Waals surface area contributed by atoms with Crippen LogP contribution in [0.25, 0.3) is 5.69 Å². The molecule has 0 atom stereocenters. The van der Waals surface area contributed by atoms with Crippen molar-refractivity contribution in [3.05, 3.63) is 53.5 Å². The van der Waals surface area contributed by atoms with Gasteiger partial charge in [0.2, 0.25) is 0 Å². The minimum atomic E-state index is -0.735. The normalized spacial score (nSPS) is 18.4. The van der Waals surface area contributed by atoms with Gasteiger partial charge in [0.25, 0.3) is 5.79 Å². The Kier molecular flexibility index (Phi) is 2.14. The molecule has 96 valence electrons. The predicted octanol–water partition coefficient (Wildman–Crippen LogP) is 2.23. The van der Waals surface area contributed by atoms with Gasteiger partial charge in [-0.15, -0.1) is 10.2 Å². The van der Waals surface area contributed by atoms with Gasteiger partial charge in [0.1, 0.15) is 24.7 Å². The highest BCUT2D eigenvalue weighted by molar-refractivity contribution is 6.30. The molecule has 1 aromatic heterocycles. The molecule has 1 spiro atoms. The molecule has 0 radical (unpaired) electrons. The number of benzene rings is 1. The van der Waals surface area contributed by atoms with Crippen LogP contribution in [0.2, 0.25) is 5.02 Å². The van der Waals surface area contributed by atoms with Crippen LogP contribution < -0.4 is 0 Å². The van der Waals surface area contributed by atoms with Gasteiger partial charge in [-0.05, 0) is 23.8 Å². The van der Waals surface area contributed by atoms with Gasteiger partial charge in [-0.3, -0.25) is 4.57 Å². The molecule has 2 aliphatic rings. The molecule has 0 N–H and O–H groups in total. The van der Waals surface area contributed by atoms with Crippen LogP contribution in [0.5, 0.6) is 0 Å². The minimum Gasteiger partial charge on any atom is -0.456 e. The van der Waals surface area contributed by atoms with Gasteiger partial charge in [0.05, 0.1) is 18.5 Å². The average Bonchev–Trinajstić information content (AvgIpc) is 2.98. The first-order valence-electron chi connectivity index (χ1n) is 5.94. The molecule has 0 fully saturated rings. The number of aromatic nitrogens is 3. The first-order valence-corrected chi connectivity index (χ1v) is 6.32. The molecule has 2 aliphatic heterocycles. The van der Waals surface area contributed by atoms with Crippen molar-refractivity contribution < 1.29 is 9.47 Å². The fourth-order valence-corrected chi connectivity index (χ4v) is 2.80. The summed E-state index contributed by atoms with van der Waals surface area (Å²) in [5, 5.41) is 8.81. The zero-order valence-electron chi connectivity index (χ0n) is 9.91. The first-order chi connectivity index (χ1) is 9.26. The number of ether oxygens (including phenoxy) is 2. The van der Waals surface area contributed by atoms with Gasteiger partial charge in [0, 0.05) is 5.02 Å². The van der Waals surface area contributed by atoms with Gasteiger partial charge in [-0.1, -0.05) is 11.6 Å². The Bertz CT molecular complexity index is 672. The van der Waals surface area contributed by atoms with Crippen molar-refractivity contribution in [2.24, 2.45) is 0 Å². The van der Waals surface area contributed by atoms with E-state index in [1.54, 1.807) is 18.9 Å². The first kappa shape index (κ1) is 10.9. The molecule has 19 heavy (non-hydrogen) atoms. The number of halogens is 1. The van der Waals surface area contributed by atoms with E-state index >= 15 is 0 Å². The standard InChI is InChI=1S/C13H10ClN3O2/c14-10-1-2-11-9(5-10)6-13(18-3-4-19-13)7-12-16-15-8-17(11)12/h1-5,8H,6-7H2. The molecule has 0 saturated carbocycles. The van der Waals surface area contributed by atoms with Crippen molar-refractivity contribution in [1.29, 1.82) is 0 Å². The summed E-state index contributed by atoms with van der Waals surface area (Å²) in [7, 11) is 0. The van der Waals surface area contributed by atoms with Crippen LogP contribution in [0.4, 0.5) is 0 Å². The van der Waals surface area contributed by atoms with E-state index in [2.05, 4.69) is 10.2 Å². The van der Waals surface area contributed by atoms with Crippen molar-refractivity contribution in [3.63, 3.8) is 0 Å². The Hall–Kier alpha value is -2.01. The van der Waals surface area contributed by atoms with Gasteiger partial charge < -0.3 is 9.47 Å². The van der Waals surface area contributed by atoms with E-state index in [1.165, 1.54) is 0 Å². The third-order valence-electron chi connectivity index (χ3n) is 3.43. The van der Waals surface area contributed by atoms with Crippen LogP contribution in [0.3, 0.4) is 0 Å². The number of nitrogens with zero attached hydrogens (tertiary/aromatic N) is 3. The topological polar surface area (TPSA) is 49.2 Å². The summed E-state index contributed by atoms with van der Waals surface area (Å²) in [6.45, 7) is 0. The van der Waals surface area contributed by atoms with E-state index < -0.39 is 5.79 Å². The maximum Gasteiger partial charge on any atom is 0.260 e.